The van der Waals surface area contributed by atoms with Crippen LogP contribution in [0.5, 0.6) is 0 Å². The molecule has 0 amide bonds. The minimum atomic E-state index is 0.0506. The predicted octanol–water partition coefficient (Wildman–Crippen LogP) is 4.10. The number of nitrogens with zero attached hydrogens (tertiary/aromatic N) is 1. The summed E-state index contributed by atoms with van der Waals surface area (Å²) in [5.41, 5.74) is 3.01. The Morgan fingerprint density at radius 2 is 1.64 bits per heavy atom. The second kappa shape index (κ2) is 16.1. The van der Waals surface area contributed by atoms with Crippen molar-refractivity contribution in [3.8, 4) is 12.8 Å². The van der Waals surface area contributed by atoms with E-state index in [4.69, 9.17) is 5.11 Å². The highest BCUT2D eigenvalue weighted by atomic mass is 16.3. The van der Waals surface area contributed by atoms with Gasteiger partial charge in [-0.25, -0.2) is 0 Å². The Labute approximate surface area is 156 Å². The van der Waals surface area contributed by atoms with Crippen molar-refractivity contribution in [1.82, 2.24) is 10.2 Å². The Hall–Kier alpha value is -1.34. The molecule has 2 rings (SSSR count). The number of hydrogen-bond donors (Lipinski definition) is 2. The first-order valence-electron chi connectivity index (χ1n) is 9.50. The van der Waals surface area contributed by atoms with Crippen LogP contribution in [0.15, 0.2) is 24.3 Å². The fraction of sp³-hybridized carbons (Fsp3) is 0.636. The maximum Gasteiger partial charge on any atom is 0.0556 e. The quantitative estimate of drug-likeness (QED) is 0.787. The van der Waals surface area contributed by atoms with Gasteiger partial charge in [0.15, 0.2) is 0 Å². The molecule has 144 valence electrons. The molecule has 0 spiro atoms. The number of fused-ring (bicyclic) bond motifs is 1. The molecule has 1 aliphatic heterocycles. The first-order valence-corrected chi connectivity index (χ1v) is 9.50. The van der Waals surface area contributed by atoms with E-state index in [1.807, 2.05) is 13.8 Å². The maximum atomic E-state index is 8.89. The van der Waals surface area contributed by atoms with Crippen LogP contribution in [-0.2, 0) is 13.0 Å². The van der Waals surface area contributed by atoms with Crippen molar-refractivity contribution < 1.29 is 5.11 Å². The smallest absolute Gasteiger partial charge is 0.0556 e. The van der Waals surface area contributed by atoms with E-state index in [1.165, 1.54) is 17.5 Å². The highest BCUT2D eigenvalue weighted by Gasteiger charge is 2.23. The first-order chi connectivity index (χ1) is 12.0. The largest absolute Gasteiger partial charge is 0.395 e. The molecule has 0 atom stereocenters. The minimum absolute atomic E-state index is 0.0506. The van der Waals surface area contributed by atoms with E-state index in [-0.39, 0.29) is 12.1 Å². The zero-order valence-electron chi connectivity index (χ0n) is 17.3. The molecular weight excluding hydrogens is 308 g/mol. The topological polar surface area (TPSA) is 35.5 Å². The van der Waals surface area contributed by atoms with E-state index in [0.717, 1.165) is 26.1 Å². The van der Waals surface area contributed by atoms with Crippen LogP contribution in [-0.4, -0.2) is 41.8 Å². The first kappa shape index (κ1) is 25.9. The molecule has 0 saturated carbocycles. The minimum Gasteiger partial charge on any atom is -0.395 e. The van der Waals surface area contributed by atoms with Crippen LogP contribution in [0.2, 0.25) is 0 Å². The van der Waals surface area contributed by atoms with Crippen LogP contribution in [0, 0.1) is 12.8 Å². The molecule has 0 aliphatic carbocycles. The second-order valence-corrected chi connectivity index (χ2v) is 6.47. The Balaban J connectivity index is 0. The van der Waals surface area contributed by atoms with Crippen molar-refractivity contribution >= 4 is 0 Å². The van der Waals surface area contributed by atoms with Crippen LogP contribution in [0.1, 0.15) is 59.1 Å². The number of rotatable bonds is 5. The molecule has 3 nitrogen and oxygen atoms in total. The molecule has 0 bridgehead atoms. The molecule has 0 radical (unpaired) electrons. The molecule has 25 heavy (non-hydrogen) atoms. The Morgan fingerprint density at radius 1 is 1.12 bits per heavy atom. The number of terminal acetylenes is 1. The third-order valence-electron chi connectivity index (χ3n) is 3.54. The lowest BCUT2D eigenvalue weighted by Crippen LogP contribution is -2.50. The van der Waals surface area contributed by atoms with Crippen molar-refractivity contribution in [3.63, 3.8) is 0 Å². The molecule has 3 heteroatoms. The SMILES string of the molecule is C#C.CC.CC(C)(CN1CCc2ccccc2C1)NCCO.CCC. The van der Waals surface area contributed by atoms with Gasteiger partial charge in [0.1, 0.15) is 0 Å². The average Bonchev–Trinajstić information content (AvgIpc) is 2.64. The fourth-order valence-corrected chi connectivity index (χ4v) is 2.70. The lowest BCUT2D eigenvalue weighted by atomic mass is 9.97. The van der Waals surface area contributed by atoms with E-state index in [2.05, 4.69) is 75.0 Å². The molecule has 1 heterocycles. The molecule has 1 aromatic carbocycles. The van der Waals surface area contributed by atoms with Gasteiger partial charge in [-0.05, 0) is 31.4 Å². The Morgan fingerprint density at radius 3 is 2.16 bits per heavy atom. The van der Waals surface area contributed by atoms with E-state index >= 15 is 0 Å². The van der Waals surface area contributed by atoms with E-state index < -0.39 is 0 Å². The Bertz CT molecular complexity index is 441. The van der Waals surface area contributed by atoms with Crippen LogP contribution < -0.4 is 5.32 Å². The molecule has 1 aliphatic rings. The van der Waals surface area contributed by atoms with E-state index in [9.17, 15) is 0 Å². The van der Waals surface area contributed by atoms with Crippen molar-refractivity contribution in [1.29, 1.82) is 0 Å². The third kappa shape index (κ3) is 11.8. The lowest BCUT2D eigenvalue weighted by molar-refractivity contribution is 0.177. The summed E-state index contributed by atoms with van der Waals surface area (Å²) in [6, 6.07) is 8.72. The predicted molar refractivity (Wildman–Crippen MR) is 112 cm³/mol. The second-order valence-electron chi connectivity index (χ2n) is 6.47. The number of aliphatic hydroxyl groups is 1. The van der Waals surface area contributed by atoms with Crippen molar-refractivity contribution in [2.75, 3.05) is 26.2 Å². The monoisotopic (exact) mass is 348 g/mol. The van der Waals surface area contributed by atoms with Crippen molar-refractivity contribution in [2.24, 2.45) is 0 Å². The van der Waals surface area contributed by atoms with Gasteiger partial charge in [0, 0.05) is 31.7 Å². The third-order valence-corrected chi connectivity index (χ3v) is 3.54. The zero-order chi connectivity index (χ0) is 19.7. The molecule has 0 saturated heterocycles. The van der Waals surface area contributed by atoms with Crippen molar-refractivity contribution in [2.45, 2.75) is 66.5 Å². The van der Waals surface area contributed by atoms with Gasteiger partial charge in [0.2, 0.25) is 0 Å². The van der Waals surface area contributed by atoms with E-state index in [0.29, 0.717) is 6.54 Å². The molecule has 0 aromatic heterocycles. The Kier molecular flexibility index (Phi) is 16.7. The van der Waals surface area contributed by atoms with Gasteiger partial charge in [0.05, 0.1) is 6.61 Å². The van der Waals surface area contributed by atoms with Gasteiger partial charge in [-0.3, -0.25) is 4.90 Å². The van der Waals surface area contributed by atoms with Crippen LogP contribution in [0.4, 0.5) is 0 Å². The molecule has 1 aromatic rings. The summed E-state index contributed by atoms with van der Waals surface area (Å²) >= 11 is 0. The summed E-state index contributed by atoms with van der Waals surface area (Å²) in [5.74, 6) is 0. The van der Waals surface area contributed by atoms with Crippen molar-refractivity contribution in [3.05, 3.63) is 35.4 Å². The number of hydrogen-bond acceptors (Lipinski definition) is 3. The summed E-state index contributed by atoms with van der Waals surface area (Å²) in [6.07, 6.45) is 10.4. The van der Waals surface area contributed by atoms with Gasteiger partial charge in [-0.15, -0.1) is 12.8 Å². The number of benzene rings is 1. The van der Waals surface area contributed by atoms with Gasteiger partial charge in [-0.2, -0.15) is 0 Å². The van der Waals surface area contributed by atoms with Gasteiger partial charge >= 0.3 is 0 Å². The zero-order valence-corrected chi connectivity index (χ0v) is 17.3. The van der Waals surface area contributed by atoms with Gasteiger partial charge < -0.3 is 10.4 Å². The maximum absolute atomic E-state index is 8.89. The summed E-state index contributed by atoms with van der Waals surface area (Å²) in [6.45, 7) is 16.7. The van der Waals surface area contributed by atoms with Gasteiger partial charge in [-0.1, -0.05) is 58.4 Å². The van der Waals surface area contributed by atoms with Crippen LogP contribution in [0.3, 0.4) is 0 Å². The normalized spacial score (nSPS) is 13.0. The highest BCUT2D eigenvalue weighted by molar-refractivity contribution is 5.29. The van der Waals surface area contributed by atoms with E-state index in [1.54, 1.807) is 0 Å². The van der Waals surface area contributed by atoms with Crippen LogP contribution >= 0.6 is 0 Å². The standard InChI is InChI=1S/C15H24N2O.C3H8.C2H6.C2H2/c1-15(2,16-8-10-18)12-17-9-7-13-5-3-4-6-14(13)11-17;1-3-2;2*1-2/h3-6,16,18H,7-12H2,1-2H3;3H2,1-2H3;1-2H3;1-2H. The molecular formula is C22H40N2O. The molecule has 0 unspecified atom stereocenters. The number of nitrogens with one attached hydrogen (secondary N) is 1. The van der Waals surface area contributed by atoms with Crippen LogP contribution in [0.25, 0.3) is 0 Å². The summed E-state index contributed by atoms with van der Waals surface area (Å²) < 4.78 is 0. The summed E-state index contributed by atoms with van der Waals surface area (Å²) in [5, 5.41) is 12.3. The van der Waals surface area contributed by atoms with Gasteiger partial charge in [0.25, 0.3) is 0 Å². The lowest BCUT2D eigenvalue weighted by Gasteiger charge is -2.36. The average molecular weight is 349 g/mol. The highest BCUT2D eigenvalue weighted by Crippen LogP contribution is 2.20. The number of β-amino-alcohol motifs (C(OH)–C–C–N with tert-alkyl or cyclic N) is 1. The fourth-order valence-electron chi connectivity index (χ4n) is 2.70. The summed E-state index contributed by atoms with van der Waals surface area (Å²) in [7, 11) is 0. The molecule has 2 N–H and O–H groups in total. The molecule has 0 fully saturated rings. The summed E-state index contributed by atoms with van der Waals surface area (Å²) in [4.78, 5) is 2.49. The number of aliphatic hydroxyl groups excluding tert-OH is 1.